The van der Waals surface area contributed by atoms with E-state index in [0.717, 1.165) is 12.0 Å². The molecule has 0 aromatic heterocycles. The van der Waals surface area contributed by atoms with E-state index < -0.39 is 0 Å². The molecule has 0 fully saturated rings. The lowest BCUT2D eigenvalue weighted by Crippen LogP contribution is -2.47. The number of hydrogen-bond acceptors (Lipinski definition) is 3. The second-order valence-electron chi connectivity index (χ2n) is 4.47. The average Bonchev–Trinajstić information content (AvgIpc) is 2.35. The van der Waals surface area contributed by atoms with Gasteiger partial charge >= 0.3 is 0 Å². The van der Waals surface area contributed by atoms with Crippen LogP contribution in [0.25, 0.3) is 0 Å². The van der Waals surface area contributed by atoms with Crippen LogP contribution in [0.3, 0.4) is 0 Å². The van der Waals surface area contributed by atoms with Crippen molar-refractivity contribution in [2.45, 2.75) is 39.7 Å². The maximum absolute atomic E-state index is 12.1. The molecule has 0 radical (unpaired) electrons. The van der Waals surface area contributed by atoms with Gasteiger partial charge < -0.3 is 0 Å². The number of hydroxylamine groups is 1. The first-order valence-electron chi connectivity index (χ1n) is 6.39. The zero-order valence-electron chi connectivity index (χ0n) is 11.3. The molecule has 1 aromatic rings. The maximum atomic E-state index is 12.1. The van der Waals surface area contributed by atoms with Crippen molar-refractivity contribution in [1.29, 1.82) is 0 Å². The molecule has 0 atom stereocenters. The van der Waals surface area contributed by atoms with E-state index in [4.69, 9.17) is 4.84 Å². The van der Waals surface area contributed by atoms with Gasteiger partial charge in [-0.1, -0.05) is 37.3 Å². The summed E-state index contributed by atoms with van der Waals surface area (Å²) in [6.07, 6.45) is 1.21. The molecule has 0 aliphatic heterocycles. The molecule has 0 bridgehead atoms. The van der Waals surface area contributed by atoms with Gasteiger partial charge in [0.05, 0.1) is 13.0 Å². The van der Waals surface area contributed by atoms with E-state index in [0.29, 0.717) is 13.0 Å². The van der Waals surface area contributed by atoms with E-state index in [9.17, 15) is 4.79 Å². The van der Waals surface area contributed by atoms with Gasteiger partial charge in [0.1, 0.15) is 0 Å². The zero-order chi connectivity index (χ0) is 13.4. The molecule has 0 aliphatic carbocycles. The van der Waals surface area contributed by atoms with Gasteiger partial charge in [-0.15, -0.1) is 5.17 Å². The van der Waals surface area contributed by atoms with Crippen LogP contribution < -0.4 is 5.43 Å². The van der Waals surface area contributed by atoms with Crippen LogP contribution >= 0.6 is 0 Å². The highest BCUT2D eigenvalue weighted by Crippen LogP contribution is 2.03. The molecule has 1 amide bonds. The quantitative estimate of drug-likeness (QED) is 0.755. The first-order chi connectivity index (χ1) is 8.63. The summed E-state index contributed by atoms with van der Waals surface area (Å²) in [5, 5.41) is 1.27. The number of amides is 1. The maximum Gasteiger partial charge on any atom is 0.265 e. The van der Waals surface area contributed by atoms with E-state index in [-0.39, 0.29) is 11.9 Å². The molecule has 18 heavy (non-hydrogen) atoms. The van der Waals surface area contributed by atoms with Crippen LogP contribution in [-0.2, 0) is 16.1 Å². The lowest BCUT2D eigenvalue weighted by Gasteiger charge is -2.24. The minimum atomic E-state index is -0.0802. The van der Waals surface area contributed by atoms with Gasteiger partial charge in [0, 0.05) is 6.04 Å². The highest BCUT2D eigenvalue weighted by atomic mass is 16.7. The lowest BCUT2D eigenvalue weighted by atomic mass is 10.1. The third kappa shape index (κ3) is 5.29. The Morgan fingerprint density at radius 3 is 2.56 bits per heavy atom. The van der Waals surface area contributed by atoms with Crippen LogP contribution in [0.1, 0.15) is 32.8 Å². The Balaban J connectivity index is 2.58. The van der Waals surface area contributed by atoms with Gasteiger partial charge in [0.25, 0.3) is 5.91 Å². The Morgan fingerprint density at radius 1 is 1.33 bits per heavy atom. The lowest BCUT2D eigenvalue weighted by molar-refractivity contribution is -0.208. The molecule has 1 aromatic carbocycles. The fourth-order valence-corrected chi connectivity index (χ4v) is 1.44. The summed E-state index contributed by atoms with van der Waals surface area (Å²) in [4.78, 5) is 17.5. The third-order valence-corrected chi connectivity index (χ3v) is 2.22. The van der Waals surface area contributed by atoms with Crippen molar-refractivity contribution in [3.63, 3.8) is 0 Å². The van der Waals surface area contributed by atoms with E-state index in [1.807, 2.05) is 51.1 Å². The normalized spacial score (nSPS) is 10.7. The van der Waals surface area contributed by atoms with E-state index in [1.54, 1.807) is 0 Å². The summed E-state index contributed by atoms with van der Waals surface area (Å²) in [7, 11) is 0. The highest BCUT2D eigenvalue weighted by Gasteiger charge is 2.15. The standard InChI is InChI=1S/C14H22N2O2/c1-4-10-18-16(15-12(2)3)14(17)11-13-8-6-5-7-9-13/h5-9,12,15H,4,10-11H2,1-3H3. The summed E-state index contributed by atoms with van der Waals surface area (Å²) >= 11 is 0. The van der Waals surface area contributed by atoms with Crippen molar-refractivity contribution >= 4 is 5.91 Å². The summed E-state index contributed by atoms with van der Waals surface area (Å²) in [6, 6.07) is 9.81. The second kappa shape index (κ2) is 7.84. The predicted molar refractivity (Wildman–Crippen MR) is 71.5 cm³/mol. The number of hydrogen-bond donors (Lipinski definition) is 1. The monoisotopic (exact) mass is 250 g/mol. The van der Waals surface area contributed by atoms with Crippen molar-refractivity contribution in [2.24, 2.45) is 0 Å². The van der Waals surface area contributed by atoms with E-state index >= 15 is 0 Å². The SMILES string of the molecule is CCCON(NC(C)C)C(=O)Cc1ccccc1. The predicted octanol–water partition coefficient (Wildman–Crippen LogP) is 2.31. The average molecular weight is 250 g/mol. The smallest absolute Gasteiger partial charge is 0.265 e. The topological polar surface area (TPSA) is 41.6 Å². The third-order valence-electron chi connectivity index (χ3n) is 2.22. The first kappa shape index (κ1) is 14.7. The largest absolute Gasteiger partial charge is 0.271 e. The van der Waals surface area contributed by atoms with Crippen molar-refractivity contribution < 1.29 is 9.63 Å². The Morgan fingerprint density at radius 2 is 2.00 bits per heavy atom. The van der Waals surface area contributed by atoms with E-state index in [1.165, 1.54) is 5.17 Å². The molecule has 1 rings (SSSR count). The number of nitrogens with zero attached hydrogens (tertiary/aromatic N) is 1. The number of carbonyl (C=O) groups is 1. The van der Waals surface area contributed by atoms with Gasteiger partial charge in [-0.3, -0.25) is 9.63 Å². The van der Waals surface area contributed by atoms with Crippen LogP contribution in [0.15, 0.2) is 30.3 Å². The van der Waals surface area contributed by atoms with Crippen molar-refractivity contribution in [1.82, 2.24) is 10.6 Å². The van der Waals surface area contributed by atoms with E-state index in [2.05, 4.69) is 5.43 Å². The Bertz CT molecular complexity index is 352. The minimum Gasteiger partial charge on any atom is -0.271 e. The summed E-state index contributed by atoms with van der Waals surface area (Å²) < 4.78 is 0. The summed E-state index contributed by atoms with van der Waals surface area (Å²) in [6.45, 7) is 6.48. The Hall–Kier alpha value is -1.39. The molecule has 0 heterocycles. The first-order valence-corrected chi connectivity index (χ1v) is 6.39. The van der Waals surface area contributed by atoms with Crippen LogP contribution in [-0.4, -0.2) is 23.7 Å². The summed E-state index contributed by atoms with van der Waals surface area (Å²) in [5.74, 6) is -0.0802. The van der Waals surface area contributed by atoms with Crippen LogP contribution in [0.5, 0.6) is 0 Å². The number of rotatable bonds is 7. The highest BCUT2D eigenvalue weighted by molar-refractivity contribution is 5.77. The Labute approximate surface area is 109 Å². The summed E-state index contributed by atoms with van der Waals surface area (Å²) in [5.41, 5.74) is 3.98. The van der Waals surface area contributed by atoms with Crippen LogP contribution in [0.2, 0.25) is 0 Å². The fraction of sp³-hybridized carbons (Fsp3) is 0.500. The molecule has 0 aliphatic rings. The molecule has 0 spiro atoms. The van der Waals surface area contributed by atoms with Gasteiger partial charge in [-0.25, -0.2) is 5.43 Å². The molecule has 100 valence electrons. The van der Waals surface area contributed by atoms with Gasteiger partial charge in [0.2, 0.25) is 0 Å². The van der Waals surface area contributed by atoms with Crippen LogP contribution in [0.4, 0.5) is 0 Å². The van der Waals surface area contributed by atoms with Crippen LogP contribution in [0, 0.1) is 0 Å². The number of carbonyl (C=O) groups excluding carboxylic acids is 1. The molecular weight excluding hydrogens is 228 g/mol. The molecular formula is C14H22N2O2. The molecule has 0 saturated heterocycles. The molecule has 0 saturated carbocycles. The van der Waals surface area contributed by atoms with Crippen molar-refractivity contribution in [2.75, 3.05) is 6.61 Å². The van der Waals surface area contributed by atoms with Gasteiger partial charge in [-0.2, -0.15) is 0 Å². The zero-order valence-corrected chi connectivity index (χ0v) is 11.3. The van der Waals surface area contributed by atoms with Gasteiger partial charge in [-0.05, 0) is 25.8 Å². The molecule has 4 nitrogen and oxygen atoms in total. The number of nitrogens with one attached hydrogen (secondary N) is 1. The van der Waals surface area contributed by atoms with Crippen molar-refractivity contribution in [3.8, 4) is 0 Å². The second-order valence-corrected chi connectivity index (χ2v) is 4.47. The molecule has 0 unspecified atom stereocenters. The number of hydrazine groups is 1. The van der Waals surface area contributed by atoms with Gasteiger partial charge in [0.15, 0.2) is 0 Å². The van der Waals surface area contributed by atoms with Crippen molar-refractivity contribution in [3.05, 3.63) is 35.9 Å². The molecule has 1 N–H and O–H groups in total. The minimum absolute atomic E-state index is 0.0802. The molecule has 4 heteroatoms. The fourth-order valence-electron chi connectivity index (χ4n) is 1.44. The number of benzene rings is 1. The Kier molecular flexibility index (Phi) is 6.39.